The van der Waals surface area contributed by atoms with E-state index in [1.807, 2.05) is 42.5 Å². The van der Waals surface area contributed by atoms with Crippen LogP contribution in [0.15, 0.2) is 60.7 Å². The average molecular weight is 492 g/mol. The highest BCUT2D eigenvalue weighted by Crippen LogP contribution is 2.33. The molecule has 2 aromatic carbocycles. The molecular weight excluding hydrogens is 470 g/mol. The van der Waals surface area contributed by atoms with Crippen LogP contribution in [0.1, 0.15) is 6.92 Å². The number of aromatic amines is 1. The minimum atomic E-state index is -0.432. The molecule has 4 aromatic rings. The Bertz CT molecular complexity index is 1380. The van der Waals surface area contributed by atoms with Gasteiger partial charge in [-0.25, -0.2) is 4.98 Å². The van der Waals surface area contributed by atoms with Crippen molar-refractivity contribution in [2.45, 2.75) is 31.3 Å². The average Bonchev–Trinajstić information content (AvgIpc) is 3.55. The van der Waals surface area contributed by atoms with Crippen molar-refractivity contribution in [3.63, 3.8) is 0 Å². The van der Waals surface area contributed by atoms with Crippen LogP contribution < -0.4 is 4.74 Å². The molecule has 2 aliphatic rings. The summed E-state index contributed by atoms with van der Waals surface area (Å²) in [6.07, 6.45) is -1.52. The Morgan fingerprint density at radius 2 is 1.60 bits per heavy atom. The van der Waals surface area contributed by atoms with Gasteiger partial charge in [-0.3, -0.25) is 4.79 Å². The molecule has 2 aromatic heterocycles. The van der Waals surface area contributed by atoms with E-state index in [4.69, 9.17) is 30.5 Å². The lowest BCUT2D eigenvalue weighted by Gasteiger charge is -2.16. The number of carbonyl (C=O) groups excluding carboxylic acids is 1. The second-order valence-corrected chi connectivity index (χ2v) is 8.98. The minimum absolute atomic E-state index is 0.276. The molecule has 0 spiro atoms. The van der Waals surface area contributed by atoms with Crippen molar-refractivity contribution in [3.8, 4) is 28.4 Å². The van der Waals surface area contributed by atoms with Gasteiger partial charge in [0.25, 0.3) is 6.01 Å². The second-order valence-electron chi connectivity index (χ2n) is 8.58. The largest absolute Gasteiger partial charge is 0.457 e. The zero-order valence-corrected chi connectivity index (χ0v) is 19.6. The number of nitrogens with zero attached hydrogens (tertiary/aromatic N) is 2. The van der Waals surface area contributed by atoms with Crippen molar-refractivity contribution in [2.24, 2.45) is 0 Å². The predicted octanol–water partition coefficient (Wildman–Crippen LogP) is 4.42. The summed E-state index contributed by atoms with van der Waals surface area (Å²) < 4.78 is 22.9. The van der Waals surface area contributed by atoms with Gasteiger partial charge in [0, 0.05) is 12.5 Å². The van der Waals surface area contributed by atoms with Gasteiger partial charge < -0.3 is 23.9 Å². The number of halogens is 1. The van der Waals surface area contributed by atoms with Crippen molar-refractivity contribution in [1.82, 2.24) is 15.0 Å². The zero-order chi connectivity index (χ0) is 23.9. The third-order valence-corrected chi connectivity index (χ3v) is 6.50. The molecule has 0 saturated carbocycles. The third kappa shape index (κ3) is 4.25. The van der Waals surface area contributed by atoms with Crippen molar-refractivity contribution in [1.29, 1.82) is 0 Å². The second kappa shape index (κ2) is 8.96. The molecule has 1 N–H and O–H groups in total. The molecule has 8 nitrogen and oxygen atoms in total. The first-order chi connectivity index (χ1) is 17.0. The molecule has 4 atom stereocenters. The molecule has 2 saturated heterocycles. The van der Waals surface area contributed by atoms with Crippen LogP contribution in [-0.4, -0.2) is 58.6 Å². The van der Waals surface area contributed by atoms with Gasteiger partial charge in [-0.15, -0.1) is 0 Å². The fourth-order valence-corrected chi connectivity index (χ4v) is 4.85. The standard InChI is InChI=1S/C26H22ClN3O5/c1-14(31)34-20-12-32-24-21(13-33-23(20)24)35-26-28-19-11-18(27)22(29-25(19)30-26)17-9-7-16(8-10-17)15-5-3-2-4-6-15/h2-11,20-21,23-24H,12-13H2,1H3,(H,28,29,30)/t20-,21-,23-,24?/m1/s1. The molecule has 35 heavy (non-hydrogen) atoms. The molecule has 4 heterocycles. The molecule has 2 aliphatic heterocycles. The van der Waals surface area contributed by atoms with Gasteiger partial charge in [0.05, 0.1) is 29.4 Å². The summed E-state index contributed by atoms with van der Waals surface area (Å²) in [5, 5.41) is 0.507. The maximum atomic E-state index is 11.3. The van der Waals surface area contributed by atoms with Gasteiger partial charge in [-0.2, -0.15) is 4.98 Å². The molecule has 0 aliphatic carbocycles. The lowest BCUT2D eigenvalue weighted by Crippen LogP contribution is -2.36. The van der Waals surface area contributed by atoms with Gasteiger partial charge in [0.1, 0.15) is 12.2 Å². The highest BCUT2D eigenvalue weighted by molar-refractivity contribution is 6.33. The molecule has 6 rings (SSSR count). The number of imidazole rings is 1. The summed E-state index contributed by atoms with van der Waals surface area (Å²) in [5.41, 5.74) is 4.95. The van der Waals surface area contributed by atoms with E-state index in [0.29, 0.717) is 34.5 Å². The molecule has 2 fully saturated rings. The quantitative estimate of drug-likeness (QED) is 0.413. The van der Waals surface area contributed by atoms with E-state index >= 15 is 0 Å². The number of fused-ring (bicyclic) bond motifs is 2. The lowest BCUT2D eigenvalue weighted by molar-refractivity contribution is -0.150. The fourth-order valence-electron chi connectivity index (χ4n) is 4.59. The van der Waals surface area contributed by atoms with Crippen LogP contribution in [0.4, 0.5) is 0 Å². The number of hydrogen-bond acceptors (Lipinski definition) is 7. The number of aromatic nitrogens is 3. The Labute approximate surface area is 206 Å². The number of benzene rings is 2. The first kappa shape index (κ1) is 22.0. The highest BCUT2D eigenvalue weighted by atomic mass is 35.5. The molecular formula is C26H22ClN3O5. The summed E-state index contributed by atoms with van der Waals surface area (Å²) in [6.45, 7) is 1.95. The van der Waals surface area contributed by atoms with E-state index in [0.717, 1.165) is 16.7 Å². The van der Waals surface area contributed by atoms with Crippen LogP contribution in [0.25, 0.3) is 33.5 Å². The van der Waals surface area contributed by atoms with Crippen LogP contribution in [0.3, 0.4) is 0 Å². The van der Waals surface area contributed by atoms with Crippen LogP contribution in [0.5, 0.6) is 6.01 Å². The van der Waals surface area contributed by atoms with E-state index in [9.17, 15) is 4.79 Å². The Hall–Kier alpha value is -3.46. The van der Waals surface area contributed by atoms with E-state index in [2.05, 4.69) is 27.1 Å². The third-order valence-electron chi connectivity index (χ3n) is 6.21. The highest BCUT2D eigenvalue weighted by Gasteiger charge is 2.50. The smallest absolute Gasteiger partial charge is 0.303 e. The summed E-state index contributed by atoms with van der Waals surface area (Å²) in [7, 11) is 0. The molecule has 178 valence electrons. The number of hydrogen-bond donors (Lipinski definition) is 1. The maximum Gasteiger partial charge on any atom is 0.303 e. The van der Waals surface area contributed by atoms with Gasteiger partial charge in [-0.1, -0.05) is 66.2 Å². The van der Waals surface area contributed by atoms with Crippen molar-refractivity contribution in [2.75, 3.05) is 13.2 Å². The van der Waals surface area contributed by atoms with Gasteiger partial charge in [0.15, 0.2) is 17.9 Å². The van der Waals surface area contributed by atoms with Crippen LogP contribution in [-0.2, 0) is 19.0 Å². The van der Waals surface area contributed by atoms with Crippen LogP contribution in [0, 0.1) is 0 Å². The van der Waals surface area contributed by atoms with Crippen molar-refractivity contribution in [3.05, 3.63) is 65.7 Å². The summed E-state index contributed by atoms with van der Waals surface area (Å²) in [4.78, 5) is 23.6. The Balaban J connectivity index is 1.21. The number of pyridine rings is 1. The van der Waals surface area contributed by atoms with Crippen LogP contribution in [0.2, 0.25) is 5.02 Å². The molecule has 9 heteroatoms. The Morgan fingerprint density at radius 3 is 2.34 bits per heavy atom. The topological polar surface area (TPSA) is 95.6 Å². The predicted molar refractivity (Wildman–Crippen MR) is 129 cm³/mol. The van der Waals surface area contributed by atoms with E-state index in [-0.39, 0.29) is 30.9 Å². The zero-order valence-electron chi connectivity index (χ0n) is 18.8. The fraction of sp³-hybridized carbons (Fsp3) is 0.269. The molecule has 1 unspecified atom stereocenters. The SMILES string of the molecule is CC(=O)O[C@@H]1COC2[C@H](Oc3nc4nc(-c5ccc(-c6ccccc6)cc5)c(Cl)cc4[nH]3)CO[C@@H]21. The molecule has 0 bridgehead atoms. The normalized spacial score (nSPS) is 23.4. The Morgan fingerprint density at radius 1 is 0.943 bits per heavy atom. The molecule has 0 radical (unpaired) electrons. The number of esters is 1. The molecule has 0 amide bonds. The first-order valence-electron chi connectivity index (χ1n) is 11.3. The monoisotopic (exact) mass is 491 g/mol. The number of rotatable bonds is 5. The maximum absolute atomic E-state index is 11.3. The van der Waals surface area contributed by atoms with Gasteiger partial charge in [-0.05, 0) is 17.2 Å². The number of nitrogens with one attached hydrogen (secondary N) is 1. The van der Waals surface area contributed by atoms with Gasteiger partial charge in [0.2, 0.25) is 0 Å². The number of ether oxygens (including phenoxy) is 4. The van der Waals surface area contributed by atoms with Gasteiger partial charge >= 0.3 is 5.97 Å². The number of carbonyl (C=O) groups is 1. The number of H-pyrrole nitrogens is 1. The summed E-state index contributed by atoms with van der Waals surface area (Å²) >= 11 is 6.57. The lowest BCUT2D eigenvalue weighted by atomic mass is 10.0. The van der Waals surface area contributed by atoms with E-state index < -0.39 is 6.10 Å². The first-order valence-corrected chi connectivity index (χ1v) is 11.7. The van der Waals surface area contributed by atoms with E-state index in [1.165, 1.54) is 6.92 Å². The Kier molecular flexibility index (Phi) is 5.64. The van der Waals surface area contributed by atoms with Crippen molar-refractivity contribution >= 4 is 28.7 Å². The van der Waals surface area contributed by atoms with Crippen LogP contribution >= 0.6 is 11.6 Å². The summed E-state index contributed by atoms with van der Waals surface area (Å²) in [6, 6.07) is 20.4. The van der Waals surface area contributed by atoms with E-state index in [1.54, 1.807) is 6.07 Å². The summed E-state index contributed by atoms with van der Waals surface area (Å²) in [5.74, 6) is -0.363. The minimum Gasteiger partial charge on any atom is -0.457 e. The van der Waals surface area contributed by atoms with Crippen molar-refractivity contribution < 1.29 is 23.7 Å².